The summed E-state index contributed by atoms with van der Waals surface area (Å²) < 4.78 is 7.23. The number of likely N-dealkylation sites (tertiary alicyclic amines) is 1. The number of hydrogen-bond donors (Lipinski definition) is 0. The fraction of sp³-hybridized carbons (Fsp3) is 0.571. The van der Waals surface area contributed by atoms with E-state index in [-0.39, 0.29) is 18.4 Å². The van der Waals surface area contributed by atoms with Gasteiger partial charge in [0.05, 0.1) is 31.5 Å². The van der Waals surface area contributed by atoms with Crippen LogP contribution in [-0.2, 0) is 27.0 Å². The normalized spacial score (nSPS) is 16.0. The molecule has 2 heterocycles. The Balaban J connectivity index is 2.00. The molecule has 1 saturated heterocycles. The number of ether oxygens (including phenoxy) is 1. The molecule has 1 aliphatic heterocycles. The van der Waals surface area contributed by atoms with E-state index in [4.69, 9.17) is 4.74 Å². The third-order valence-electron chi connectivity index (χ3n) is 4.01. The highest BCUT2D eigenvalue weighted by Crippen LogP contribution is 2.34. The molecule has 120 valence electrons. The van der Waals surface area contributed by atoms with Gasteiger partial charge in [0.2, 0.25) is 11.8 Å². The quantitative estimate of drug-likeness (QED) is 0.664. The summed E-state index contributed by atoms with van der Waals surface area (Å²) in [5, 5.41) is 7.75. The molecule has 0 atom stereocenters. The maximum absolute atomic E-state index is 12.3. The first-order chi connectivity index (χ1) is 10.5. The van der Waals surface area contributed by atoms with Gasteiger partial charge in [-0.15, -0.1) is 5.10 Å². The molecule has 0 aromatic carbocycles. The van der Waals surface area contributed by atoms with Crippen molar-refractivity contribution in [2.24, 2.45) is 7.05 Å². The van der Waals surface area contributed by atoms with Gasteiger partial charge in [-0.25, -0.2) is 4.68 Å². The number of hydrogen-bond acceptors (Lipinski definition) is 5. The SMILES string of the molecule is C=CC(=O)N(CC)CC(=O)N1CC(OC)(c2cnnn2C)C1. The van der Waals surface area contributed by atoms with Gasteiger partial charge in [-0.05, 0) is 13.0 Å². The maximum Gasteiger partial charge on any atom is 0.246 e. The van der Waals surface area contributed by atoms with Crippen molar-refractivity contribution in [2.45, 2.75) is 12.5 Å². The molecule has 1 aliphatic rings. The number of carbonyl (C=O) groups is 2. The van der Waals surface area contributed by atoms with E-state index in [1.54, 1.807) is 29.9 Å². The highest BCUT2D eigenvalue weighted by molar-refractivity contribution is 5.91. The molecule has 8 heteroatoms. The summed E-state index contributed by atoms with van der Waals surface area (Å²) in [6.45, 7) is 6.62. The first-order valence-electron chi connectivity index (χ1n) is 7.07. The Labute approximate surface area is 129 Å². The standard InChI is InChI=1S/C14H21N5O3/c1-5-12(20)18(6-2)8-13(21)19-9-14(10-19,22-4)11-7-15-16-17(11)3/h5,7H,1,6,8-10H2,2-4H3. The molecule has 1 aromatic heterocycles. The minimum Gasteiger partial charge on any atom is -0.368 e. The lowest BCUT2D eigenvalue weighted by Gasteiger charge is -2.48. The molecule has 1 fully saturated rings. The molecule has 0 N–H and O–H groups in total. The minimum atomic E-state index is -0.576. The Morgan fingerprint density at radius 1 is 1.55 bits per heavy atom. The average Bonchev–Trinajstić information content (AvgIpc) is 2.90. The fourth-order valence-electron chi connectivity index (χ4n) is 2.58. The van der Waals surface area contributed by atoms with Crippen LogP contribution in [0.5, 0.6) is 0 Å². The summed E-state index contributed by atoms with van der Waals surface area (Å²) in [7, 11) is 3.39. The molecule has 0 unspecified atom stereocenters. The zero-order chi connectivity index (χ0) is 16.3. The van der Waals surface area contributed by atoms with E-state index in [0.717, 1.165) is 5.69 Å². The third kappa shape index (κ3) is 2.74. The second kappa shape index (κ2) is 6.27. The maximum atomic E-state index is 12.3. The number of carbonyl (C=O) groups excluding carboxylic acids is 2. The summed E-state index contributed by atoms with van der Waals surface area (Å²) in [5.74, 6) is -0.356. The van der Waals surface area contributed by atoms with Gasteiger partial charge in [-0.2, -0.15) is 0 Å². The lowest BCUT2D eigenvalue weighted by molar-refractivity contribution is -0.168. The Hall–Kier alpha value is -2.22. The molecule has 8 nitrogen and oxygen atoms in total. The monoisotopic (exact) mass is 307 g/mol. The van der Waals surface area contributed by atoms with Crippen LogP contribution >= 0.6 is 0 Å². The average molecular weight is 307 g/mol. The minimum absolute atomic E-state index is 0.0464. The van der Waals surface area contributed by atoms with Crippen molar-refractivity contribution in [3.05, 3.63) is 24.5 Å². The van der Waals surface area contributed by atoms with Crippen LogP contribution in [-0.4, -0.2) is 69.9 Å². The van der Waals surface area contributed by atoms with Crippen LogP contribution in [0.25, 0.3) is 0 Å². The molecule has 22 heavy (non-hydrogen) atoms. The van der Waals surface area contributed by atoms with Crippen molar-refractivity contribution in [3.8, 4) is 0 Å². The number of nitrogens with zero attached hydrogens (tertiary/aromatic N) is 5. The van der Waals surface area contributed by atoms with E-state index in [1.807, 2.05) is 6.92 Å². The molecular formula is C14H21N5O3. The van der Waals surface area contributed by atoms with E-state index in [2.05, 4.69) is 16.9 Å². The Kier molecular flexibility index (Phi) is 4.60. The summed E-state index contributed by atoms with van der Waals surface area (Å²) >= 11 is 0. The van der Waals surface area contributed by atoms with E-state index >= 15 is 0 Å². The van der Waals surface area contributed by atoms with Crippen LogP contribution in [0, 0.1) is 0 Å². The number of methoxy groups -OCH3 is 1. The highest BCUT2D eigenvalue weighted by Gasteiger charge is 2.49. The van der Waals surface area contributed by atoms with Crippen molar-refractivity contribution in [1.82, 2.24) is 24.8 Å². The fourth-order valence-corrected chi connectivity index (χ4v) is 2.58. The summed E-state index contributed by atoms with van der Waals surface area (Å²) in [4.78, 5) is 27.0. The van der Waals surface area contributed by atoms with E-state index in [0.29, 0.717) is 19.6 Å². The van der Waals surface area contributed by atoms with Gasteiger partial charge in [0.15, 0.2) is 0 Å². The first-order valence-corrected chi connectivity index (χ1v) is 7.07. The largest absolute Gasteiger partial charge is 0.368 e. The molecular weight excluding hydrogens is 286 g/mol. The zero-order valence-corrected chi connectivity index (χ0v) is 13.2. The number of rotatable bonds is 6. The Morgan fingerprint density at radius 2 is 2.23 bits per heavy atom. The molecule has 0 bridgehead atoms. The van der Waals surface area contributed by atoms with Gasteiger partial charge in [-0.3, -0.25) is 9.59 Å². The predicted molar refractivity (Wildman–Crippen MR) is 78.7 cm³/mol. The van der Waals surface area contributed by atoms with Crippen LogP contribution in [0.3, 0.4) is 0 Å². The Bertz CT molecular complexity index is 577. The van der Waals surface area contributed by atoms with Crippen molar-refractivity contribution in [1.29, 1.82) is 0 Å². The lowest BCUT2D eigenvalue weighted by atomic mass is 9.90. The van der Waals surface area contributed by atoms with E-state index < -0.39 is 5.60 Å². The van der Waals surface area contributed by atoms with Gasteiger partial charge >= 0.3 is 0 Å². The second-order valence-corrected chi connectivity index (χ2v) is 5.25. The molecule has 0 saturated carbocycles. The second-order valence-electron chi connectivity index (χ2n) is 5.25. The van der Waals surface area contributed by atoms with Crippen molar-refractivity contribution in [3.63, 3.8) is 0 Å². The van der Waals surface area contributed by atoms with E-state index in [1.165, 1.54) is 11.0 Å². The zero-order valence-electron chi connectivity index (χ0n) is 13.2. The molecule has 2 rings (SSSR count). The molecule has 1 aromatic rings. The highest BCUT2D eigenvalue weighted by atomic mass is 16.5. The molecule has 0 spiro atoms. The number of aryl methyl sites for hydroxylation is 1. The van der Waals surface area contributed by atoms with Crippen LogP contribution in [0.2, 0.25) is 0 Å². The summed E-state index contributed by atoms with van der Waals surface area (Å²) in [6.07, 6.45) is 2.86. The predicted octanol–water partition coefficient (Wildman–Crippen LogP) is -0.466. The van der Waals surface area contributed by atoms with Crippen molar-refractivity contribution in [2.75, 3.05) is 33.3 Å². The van der Waals surface area contributed by atoms with E-state index in [9.17, 15) is 9.59 Å². The van der Waals surface area contributed by atoms with Crippen LogP contribution in [0.15, 0.2) is 18.9 Å². The van der Waals surface area contributed by atoms with Gasteiger partial charge < -0.3 is 14.5 Å². The third-order valence-corrected chi connectivity index (χ3v) is 4.01. The smallest absolute Gasteiger partial charge is 0.246 e. The van der Waals surface area contributed by atoms with Crippen molar-refractivity contribution >= 4 is 11.8 Å². The number of likely N-dealkylation sites (N-methyl/N-ethyl adjacent to an activating group) is 1. The lowest BCUT2D eigenvalue weighted by Crippen LogP contribution is -2.64. The van der Waals surface area contributed by atoms with Gasteiger partial charge in [0.1, 0.15) is 5.60 Å². The Morgan fingerprint density at radius 3 is 2.68 bits per heavy atom. The molecule has 0 radical (unpaired) electrons. The van der Waals surface area contributed by atoms with Crippen LogP contribution in [0.1, 0.15) is 12.6 Å². The number of aromatic nitrogens is 3. The van der Waals surface area contributed by atoms with Crippen LogP contribution in [0.4, 0.5) is 0 Å². The van der Waals surface area contributed by atoms with Gasteiger partial charge in [0, 0.05) is 20.7 Å². The van der Waals surface area contributed by atoms with Crippen LogP contribution < -0.4 is 0 Å². The van der Waals surface area contributed by atoms with Gasteiger partial charge in [0.25, 0.3) is 0 Å². The van der Waals surface area contributed by atoms with Crippen molar-refractivity contribution < 1.29 is 14.3 Å². The molecule has 2 amide bonds. The topological polar surface area (TPSA) is 80.6 Å². The summed E-state index contributed by atoms with van der Waals surface area (Å²) in [6, 6.07) is 0. The molecule has 0 aliphatic carbocycles. The first kappa shape index (κ1) is 16.2. The summed E-state index contributed by atoms with van der Waals surface area (Å²) in [5.41, 5.74) is 0.251. The number of amides is 2. The van der Waals surface area contributed by atoms with Gasteiger partial charge in [-0.1, -0.05) is 11.8 Å².